The first-order valence-corrected chi connectivity index (χ1v) is 12.7. The molecular weight excluding hydrogens is 428 g/mol. The van der Waals surface area contributed by atoms with Gasteiger partial charge in [-0.15, -0.1) is 0 Å². The Kier molecular flexibility index (Phi) is 5.62. The van der Waals surface area contributed by atoms with E-state index in [1.165, 1.54) is 28.7 Å². The van der Waals surface area contributed by atoms with E-state index in [1.54, 1.807) is 4.57 Å². The Morgan fingerprint density at radius 2 is 1.49 bits per heavy atom. The van der Waals surface area contributed by atoms with Crippen LogP contribution in [0.25, 0.3) is 22.0 Å². The molecule has 1 aromatic heterocycles. The smallest absolute Gasteiger partial charge is 0.307 e. The van der Waals surface area contributed by atoms with E-state index in [1.807, 2.05) is 24.4 Å². The second-order valence-corrected chi connectivity index (χ2v) is 11.6. The number of amides is 1. The van der Waals surface area contributed by atoms with Crippen molar-refractivity contribution in [2.24, 2.45) is 0 Å². The van der Waals surface area contributed by atoms with Crippen molar-refractivity contribution in [3.05, 3.63) is 89.6 Å². The van der Waals surface area contributed by atoms with Gasteiger partial charge in [0.15, 0.2) is 0 Å². The van der Waals surface area contributed by atoms with Gasteiger partial charge in [-0.3, -0.25) is 4.57 Å². The first-order chi connectivity index (χ1) is 16.6. The van der Waals surface area contributed by atoms with E-state index in [2.05, 4.69) is 95.4 Å². The second-order valence-electron chi connectivity index (χ2n) is 11.6. The van der Waals surface area contributed by atoms with Crippen molar-refractivity contribution in [3.8, 4) is 11.1 Å². The minimum absolute atomic E-state index is 0.0967. The van der Waals surface area contributed by atoms with Crippen molar-refractivity contribution in [1.29, 1.82) is 0 Å². The molecule has 0 saturated carbocycles. The molecule has 1 heterocycles. The molecule has 1 aliphatic carbocycles. The number of carbonyl (C=O) groups excluding carboxylic acids is 1. The van der Waals surface area contributed by atoms with Crippen LogP contribution in [0.5, 0.6) is 0 Å². The van der Waals surface area contributed by atoms with Crippen LogP contribution in [0.3, 0.4) is 0 Å². The lowest BCUT2D eigenvalue weighted by Crippen LogP contribution is -2.34. The summed E-state index contributed by atoms with van der Waals surface area (Å²) in [6, 6.07) is 23.0. The maximum Gasteiger partial charge on any atom is 0.330 e. The van der Waals surface area contributed by atoms with Crippen LogP contribution >= 0.6 is 0 Å². The lowest BCUT2D eigenvalue weighted by atomic mass is 9.63. The quantitative estimate of drug-likeness (QED) is 0.323. The third-order valence-electron chi connectivity index (χ3n) is 7.91. The predicted molar refractivity (Wildman–Crippen MR) is 148 cm³/mol. The van der Waals surface area contributed by atoms with Gasteiger partial charge in [0.25, 0.3) is 0 Å². The fraction of sp³-hybridized carbons (Fsp3) is 0.344. The fourth-order valence-corrected chi connectivity index (χ4v) is 5.66. The first-order valence-electron chi connectivity index (χ1n) is 12.7. The van der Waals surface area contributed by atoms with Crippen LogP contribution in [0.2, 0.25) is 0 Å². The Morgan fingerprint density at radius 1 is 0.829 bits per heavy atom. The summed E-state index contributed by atoms with van der Waals surface area (Å²) in [6.45, 7) is 13.7. The van der Waals surface area contributed by atoms with Gasteiger partial charge in [0.1, 0.15) is 0 Å². The molecule has 1 aliphatic rings. The monoisotopic (exact) mass is 464 g/mol. The highest BCUT2D eigenvalue weighted by atomic mass is 16.2. The first kappa shape index (κ1) is 23.4. The lowest BCUT2D eigenvalue weighted by Gasteiger charge is -2.42. The molecule has 5 rings (SSSR count). The lowest BCUT2D eigenvalue weighted by molar-refractivity contribution is 0.254. The normalized spacial score (nSPS) is 16.3. The van der Waals surface area contributed by atoms with Gasteiger partial charge < -0.3 is 5.32 Å². The summed E-state index contributed by atoms with van der Waals surface area (Å²) in [6.07, 6.45) is 4.31. The molecule has 4 aromatic rings. The molecule has 3 nitrogen and oxygen atoms in total. The molecule has 0 bridgehead atoms. The molecule has 0 aliphatic heterocycles. The minimum atomic E-state index is -0.137. The summed E-state index contributed by atoms with van der Waals surface area (Å²) >= 11 is 0. The van der Waals surface area contributed by atoms with E-state index in [0.717, 1.165) is 28.6 Å². The third-order valence-corrected chi connectivity index (χ3v) is 7.91. The van der Waals surface area contributed by atoms with E-state index < -0.39 is 0 Å². The van der Waals surface area contributed by atoms with Gasteiger partial charge in [-0.25, -0.2) is 4.79 Å². The molecule has 0 unspecified atom stereocenters. The van der Waals surface area contributed by atoms with E-state index in [9.17, 15) is 4.79 Å². The van der Waals surface area contributed by atoms with Crippen LogP contribution in [0.15, 0.2) is 72.9 Å². The molecule has 3 heteroatoms. The largest absolute Gasteiger partial charge is 0.330 e. The SMILES string of the molecule is CC(C)c1ccccc1-c1cn(C(=O)Nc2ccc3c(c2)C(C)(C)CCC3(C)C)c2ccccc12. The Balaban J connectivity index is 1.55. The van der Waals surface area contributed by atoms with E-state index in [0.29, 0.717) is 5.92 Å². The number of hydrogen-bond donors (Lipinski definition) is 1. The number of anilines is 1. The zero-order chi connectivity index (χ0) is 25.0. The molecule has 0 spiro atoms. The van der Waals surface area contributed by atoms with Gasteiger partial charge in [-0.05, 0) is 70.0 Å². The molecule has 0 atom stereocenters. The van der Waals surface area contributed by atoms with Gasteiger partial charge in [-0.1, -0.05) is 90.1 Å². The third kappa shape index (κ3) is 4.07. The summed E-state index contributed by atoms with van der Waals surface area (Å²) in [4.78, 5) is 13.6. The highest BCUT2D eigenvalue weighted by Gasteiger charge is 2.37. The van der Waals surface area contributed by atoms with Crippen molar-refractivity contribution in [3.63, 3.8) is 0 Å². The molecule has 0 radical (unpaired) electrons. The number of benzene rings is 3. The van der Waals surface area contributed by atoms with E-state index in [4.69, 9.17) is 0 Å². The average molecular weight is 465 g/mol. The zero-order valence-electron chi connectivity index (χ0n) is 21.8. The maximum absolute atomic E-state index is 13.6. The van der Waals surface area contributed by atoms with E-state index >= 15 is 0 Å². The number of aromatic nitrogens is 1. The number of hydrogen-bond acceptors (Lipinski definition) is 1. The molecule has 0 fully saturated rings. The zero-order valence-corrected chi connectivity index (χ0v) is 21.8. The van der Waals surface area contributed by atoms with Crippen LogP contribution in [0.1, 0.15) is 77.0 Å². The van der Waals surface area contributed by atoms with Gasteiger partial charge >= 0.3 is 6.03 Å². The van der Waals surface area contributed by atoms with Gasteiger partial charge in [0, 0.05) is 22.8 Å². The van der Waals surface area contributed by atoms with Crippen molar-refractivity contribution in [1.82, 2.24) is 4.57 Å². The summed E-state index contributed by atoms with van der Waals surface area (Å²) < 4.78 is 1.76. The van der Waals surface area contributed by atoms with Crippen molar-refractivity contribution < 1.29 is 4.79 Å². The van der Waals surface area contributed by atoms with Crippen LogP contribution in [-0.4, -0.2) is 10.6 Å². The summed E-state index contributed by atoms with van der Waals surface area (Å²) in [7, 11) is 0. The Hall–Kier alpha value is -3.33. The van der Waals surface area contributed by atoms with Crippen LogP contribution in [0, 0.1) is 0 Å². The highest BCUT2D eigenvalue weighted by molar-refractivity contribution is 6.05. The second kappa shape index (κ2) is 8.41. The number of fused-ring (bicyclic) bond motifs is 2. The van der Waals surface area contributed by atoms with Crippen molar-refractivity contribution in [2.75, 3.05) is 5.32 Å². The topological polar surface area (TPSA) is 34.0 Å². The highest BCUT2D eigenvalue weighted by Crippen LogP contribution is 2.46. The summed E-state index contributed by atoms with van der Waals surface area (Å²) in [5.74, 6) is 0.394. The predicted octanol–water partition coefficient (Wildman–Crippen LogP) is 8.86. The fourth-order valence-electron chi connectivity index (χ4n) is 5.66. The number of rotatable bonds is 3. The number of para-hydroxylation sites is 1. The van der Waals surface area contributed by atoms with Crippen LogP contribution in [0.4, 0.5) is 10.5 Å². The Bertz CT molecular complexity index is 1420. The molecule has 35 heavy (non-hydrogen) atoms. The minimum Gasteiger partial charge on any atom is -0.307 e. The number of nitrogens with one attached hydrogen (secondary N) is 1. The molecule has 3 aromatic carbocycles. The molecule has 1 amide bonds. The van der Waals surface area contributed by atoms with Crippen molar-refractivity contribution >= 4 is 22.6 Å². The van der Waals surface area contributed by atoms with Gasteiger partial charge in [-0.2, -0.15) is 0 Å². The molecule has 180 valence electrons. The van der Waals surface area contributed by atoms with Gasteiger partial charge in [0.2, 0.25) is 0 Å². The standard InChI is InChI=1S/C32H36N2O/c1-21(2)23-11-7-8-12-24(23)26-20-34(29-14-10-9-13-25(26)29)30(35)33-22-15-16-27-28(19-22)32(5,6)18-17-31(27,3)4/h7-16,19-21H,17-18H2,1-6H3,(H,33,35). The Morgan fingerprint density at radius 3 is 2.23 bits per heavy atom. The average Bonchev–Trinajstić information content (AvgIpc) is 3.22. The molecule has 1 N–H and O–H groups in total. The van der Waals surface area contributed by atoms with E-state index in [-0.39, 0.29) is 16.9 Å². The van der Waals surface area contributed by atoms with Crippen molar-refractivity contribution in [2.45, 2.75) is 71.1 Å². The summed E-state index contributed by atoms with van der Waals surface area (Å²) in [5.41, 5.74) is 8.31. The number of nitrogens with zero attached hydrogens (tertiary/aromatic N) is 1. The van der Waals surface area contributed by atoms with Gasteiger partial charge in [0.05, 0.1) is 5.52 Å². The maximum atomic E-state index is 13.6. The van der Waals surface area contributed by atoms with Crippen LogP contribution in [-0.2, 0) is 10.8 Å². The Labute approximate surface area is 209 Å². The molecular formula is C32H36N2O. The van der Waals surface area contributed by atoms with Crippen LogP contribution < -0.4 is 5.32 Å². The molecule has 0 saturated heterocycles. The number of carbonyl (C=O) groups is 1. The summed E-state index contributed by atoms with van der Waals surface area (Å²) in [5, 5.41) is 4.28.